The van der Waals surface area contributed by atoms with Gasteiger partial charge in [0.25, 0.3) is 0 Å². The largest absolute Gasteiger partial charge is 0.389 e. The van der Waals surface area contributed by atoms with E-state index in [9.17, 15) is 5.11 Å². The van der Waals surface area contributed by atoms with Crippen molar-refractivity contribution >= 4 is 0 Å². The second-order valence-electron chi connectivity index (χ2n) is 4.71. The molecule has 0 saturated carbocycles. The molecule has 0 saturated heterocycles. The van der Waals surface area contributed by atoms with E-state index < -0.39 is 6.10 Å². The fourth-order valence-electron chi connectivity index (χ4n) is 1.49. The lowest BCUT2D eigenvalue weighted by atomic mass is 10.3. The van der Waals surface area contributed by atoms with Crippen molar-refractivity contribution in [2.75, 3.05) is 26.4 Å². The highest BCUT2D eigenvalue weighted by Crippen LogP contribution is 2.00. The molecular weight excluding hydrogens is 248 g/mol. The molecular formula is C13H24N2O4. The van der Waals surface area contributed by atoms with Gasteiger partial charge in [-0.2, -0.15) is 0 Å². The number of aromatic nitrogens is 1. The van der Waals surface area contributed by atoms with Crippen molar-refractivity contribution in [2.24, 2.45) is 0 Å². The fraction of sp³-hybridized carbons (Fsp3) is 0.769. The van der Waals surface area contributed by atoms with Crippen LogP contribution >= 0.6 is 0 Å². The zero-order valence-corrected chi connectivity index (χ0v) is 11.9. The molecule has 0 aliphatic rings. The van der Waals surface area contributed by atoms with Crippen molar-refractivity contribution in [3.63, 3.8) is 0 Å². The van der Waals surface area contributed by atoms with Crippen LogP contribution in [-0.2, 0) is 16.0 Å². The molecule has 0 aliphatic heterocycles. The summed E-state index contributed by atoms with van der Waals surface area (Å²) in [4.78, 5) is 0. The number of nitrogens with zero attached hydrogens (tertiary/aromatic N) is 1. The maximum atomic E-state index is 9.67. The van der Waals surface area contributed by atoms with E-state index in [4.69, 9.17) is 14.0 Å². The molecule has 0 aromatic carbocycles. The van der Waals surface area contributed by atoms with E-state index in [1.165, 1.54) is 0 Å². The van der Waals surface area contributed by atoms with Gasteiger partial charge in [-0.05, 0) is 20.8 Å². The number of aliphatic hydroxyl groups excluding tert-OH is 1. The standard InChI is InChI=1S/C13H24N2O4/c1-10(2)18-5-4-17-9-13(16)8-14-7-12-6-11(3)19-15-12/h6,10,13-14,16H,4-5,7-9H2,1-3H3. The minimum atomic E-state index is -0.535. The predicted molar refractivity (Wildman–Crippen MR) is 70.9 cm³/mol. The number of aryl methyl sites for hydroxylation is 1. The van der Waals surface area contributed by atoms with Gasteiger partial charge in [0.1, 0.15) is 5.76 Å². The van der Waals surface area contributed by atoms with Gasteiger partial charge in [0.05, 0.1) is 37.7 Å². The van der Waals surface area contributed by atoms with Crippen LogP contribution in [0.3, 0.4) is 0 Å². The molecule has 2 N–H and O–H groups in total. The second kappa shape index (κ2) is 9.03. The van der Waals surface area contributed by atoms with Gasteiger partial charge in [-0.1, -0.05) is 5.16 Å². The van der Waals surface area contributed by atoms with Crippen molar-refractivity contribution in [2.45, 2.75) is 39.5 Å². The molecule has 6 nitrogen and oxygen atoms in total. The maximum Gasteiger partial charge on any atom is 0.133 e. The number of ether oxygens (including phenoxy) is 2. The number of hydrogen-bond donors (Lipinski definition) is 2. The Bertz CT molecular complexity index is 341. The molecule has 1 rings (SSSR count). The molecule has 1 aromatic rings. The van der Waals surface area contributed by atoms with Gasteiger partial charge in [-0.15, -0.1) is 0 Å². The third-order valence-corrected chi connectivity index (χ3v) is 2.35. The Morgan fingerprint density at radius 3 is 2.84 bits per heavy atom. The topological polar surface area (TPSA) is 76.8 Å². The van der Waals surface area contributed by atoms with Gasteiger partial charge in [-0.25, -0.2) is 0 Å². The molecule has 1 atom stereocenters. The molecule has 110 valence electrons. The summed E-state index contributed by atoms with van der Waals surface area (Å²) in [5.41, 5.74) is 0.830. The third-order valence-electron chi connectivity index (χ3n) is 2.35. The number of aliphatic hydroxyl groups is 1. The molecule has 1 heterocycles. The number of hydrogen-bond acceptors (Lipinski definition) is 6. The van der Waals surface area contributed by atoms with Crippen LogP contribution in [0.25, 0.3) is 0 Å². The molecule has 1 aromatic heterocycles. The van der Waals surface area contributed by atoms with Crippen LogP contribution < -0.4 is 5.32 Å². The van der Waals surface area contributed by atoms with Crippen molar-refractivity contribution in [3.05, 3.63) is 17.5 Å². The van der Waals surface area contributed by atoms with Gasteiger partial charge in [0, 0.05) is 19.2 Å². The highest BCUT2D eigenvalue weighted by Gasteiger charge is 2.05. The lowest BCUT2D eigenvalue weighted by Gasteiger charge is -2.12. The van der Waals surface area contributed by atoms with Crippen LogP contribution in [0.2, 0.25) is 0 Å². The summed E-state index contributed by atoms with van der Waals surface area (Å²) >= 11 is 0. The SMILES string of the molecule is Cc1cc(CNCC(O)COCCOC(C)C)no1. The fourth-order valence-corrected chi connectivity index (χ4v) is 1.49. The lowest BCUT2D eigenvalue weighted by molar-refractivity contribution is -0.0100. The number of rotatable bonds is 10. The molecule has 0 fully saturated rings. The van der Waals surface area contributed by atoms with Crippen LogP contribution in [0, 0.1) is 6.92 Å². The van der Waals surface area contributed by atoms with E-state index in [0.29, 0.717) is 32.9 Å². The van der Waals surface area contributed by atoms with E-state index in [1.54, 1.807) is 0 Å². The minimum absolute atomic E-state index is 0.209. The zero-order valence-electron chi connectivity index (χ0n) is 11.9. The van der Waals surface area contributed by atoms with Crippen molar-refractivity contribution in [3.8, 4) is 0 Å². The Morgan fingerprint density at radius 2 is 2.21 bits per heavy atom. The molecule has 0 bridgehead atoms. The van der Waals surface area contributed by atoms with Crippen LogP contribution in [0.1, 0.15) is 25.3 Å². The Kier molecular flexibility index (Phi) is 7.66. The molecule has 0 radical (unpaired) electrons. The van der Waals surface area contributed by atoms with E-state index >= 15 is 0 Å². The van der Waals surface area contributed by atoms with E-state index in [1.807, 2.05) is 26.8 Å². The van der Waals surface area contributed by atoms with E-state index in [0.717, 1.165) is 11.5 Å². The van der Waals surface area contributed by atoms with Crippen LogP contribution in [0.4, 0.5) is 0 Å². The molecule has 0 amide bonds. The first-order chi connectivity index (χ1) is 9.08. The van der Waals surface area contributed by atoms with Crippen molar-refractivity contribution in [1.82, 2.24) is 10.5 Å². The average Bonchev–Trinajstić information content (AvgIpc) is 2.74. The minimum Gasteiger partial charge on any atom is -0.389 e. The summed E-state index contributed by atoms with van der Waals surface area (Å²) in [6.07, 6.45) is -0.326. The maximum absolute atomic E-state index is 9.67. The van der Waals surface area contributed by atoms with E-state index in [2.05, 4.69) is 10.5 Å². The first kappa shape index (κ1) is 16.1. The second-order valence-corrected chi connectivity index (χ2v) is 4.71. The summed E-state index contributed by atoms with van der Waals surface area (Å²) in [6.45, 7) is 8.18. The first-order valence-corrected chi connectivity index (χ1v) is 6.58. The molecule has 6 heteroatoms. The average molecular weight is 272 g/mol. The third kappa shape index (κ3) is 7.94. The predicted octanol–water partition coefficient (Wildman–Crippen LogP) is 0.875. The Hall–Kier alpha value is -0.950. The molecule has 0 aliphatic carbocycles. The Balaban J connectivity index is 1.97. The highest BCUT2D eigenvalue weighted by molar-refractivity contribution is 5.02. The van der Waals surface area contributed by atoms with Crippen LogP contribution in [-0.4, -0.2) is 48.8 Å². The van der Waals surface area contributed by atoms with E-state index in [-0.39, 0.29) is 6.10 Å². The van der Waals surface area contributed by atoms with Crippen LogP contribution in [0.15, 0.2) is 10.6 Å². The van der Waals surface area contributed by atoms with Crippen LogP contribution in [0.5, 0.6) is 0 Å². The Morgan fingerprint density at radius 1 is 1.42 bits per heavy atom. The van der Waals surface area contributed by atoms with Crippen molar-refractivity contribution in [1.29, 1.82) is 0 Å². The van der Waals surface area contributed by atoms with Gasteiger partial charge >= 0.3 is 0 Å². The summed E-state index contributed by atoms with van der Waals surface area (Å²) < 4.78 is 15.6. The monoisotopic (exact) mass is 272 g/mol. The van der Waals surface area contributed by atoms with Gasteiger partial charge in [0.15, 0.2) is 0 Å². The summed E-state index contributed by atoms with van der Waals surface area (Å²) in [6, 6.07) is 1.86. The first-order valence-electron chi connectivity index (χ1n) is 6.58. The summed E-state index contributed by atoms with van der Waals surface area (Å²) in [5, 5.41) is 16.6. The van der Waals surface area contributed by atoms with Gasteiger partial charge in [-0.3, -0.25) is 0 Å². The molecule has 19 heavy (non-hydrogen) atoms. The van der Waals surface area contributed by atoms with Gasteiger partial charge in [0.2, 0.25) is 0 Å². The molecule has 1 unspecified atom stereocenters. The lowest BCUT2D eigenvalue weighted by Crippen LogP contribution is -2.30. The quantitative estimate of drug-likeness (QED) is 0.616. The summed E-state index contributed by atoms with van der Waals surface area (Å²) in [5.74, 6) is 0.783. The van der Waals surface area contributed by atoms with Gasteiger partial charge < -0.3 is 24.4 Å². The Labute approximate surface area is 114 Å². The zero-order chi connectivity index (χ0) is 14.1. The molecule has 0 spiro atoms. The smallest absolute Gasteiger partial charge is 0.133 e. The summed E-state index contributed by atoms with van der Waals surface area (Å²) in [7, 11) is 0. The highest BCUT2D eigenvalue weighted by atomic mass is 16.5. The normalized spacial score (nSPS) is 13.1. The van der Waals surface area contributed by atoms with Crippen molar-refractivity contribution < 1.29 is 19.1 Å². The number of nitrogens with one attached hydrogen (secondary N) is 1.